The summed E-state index contributed by atoms with van der Waals surface area (Å²) in [6.07, 6.45) is 0. The molecule has 0 N–H and O–H groups in total. The maximum Gasteiger partial charge on any atom is 0.0720 e. The standard InChI is InChI=1S/C57H49N/c1-54(2,3)47-26-16-27-48-52(47)42-21-11-13-23-44(42)57(48)46-25-15-14-24-45(46)56(6,7)53-49(57)28-17-29-51(53)58(38-31-30-36-18-8-9-19-37(36)34-38)39-32-33-41-40-20-10-12-22-43(40)55(4,5)50(41)35-39/h8-35H,1-7H3. The van der Waals surface area contributed by atoms with Crippen LogP contribution >= 0.6 is 0 Å². The van der Waals surface area contributed by atoms with Gasteiger partial charge in [0.2, 0.25) is 0 Å². The molecule has 8 aromatic rings. The highest BCUT2D eigenvalue weighted by Gasteiger charge is 2.55. The predicted octanol–water partition coefficient (Wildman–Crippen LogP) is 14.9. The van der Waals surface area contributed by atoms with E-state index in [-0.39, 0.29) is 16.2 Å². The van der Waals surface area contributed by atoms with Crippen LogP contribution in [0.3, 0.4) is 0 Å². The van der Waals surface area contributed by atoms with Crippen molar-refractivity contribution in [3.05, 3.63) is 220 Å². The zero-order chi connectivity index (χ0) is 39.8. The monoisotopic (exact) mass is 747 g/mol. The molecule has 1 heteroatoms. The Morgan fingerprint density at radius 1 is 0.397 bits per heavy atom. The molecule has 0 amide bonds. The minimum absolute atomic E-state index is 0.0317. The molecule has 0 fully saturated rings. The molecule has 282 valence electrons. The van der Waals surface area contributed by atoms with Crippen molar-refractivity contribution in [3.63, 3.8) is 0 Å². The number of nitrogens with zero attached hydrogens (tertiary/aromatic N) is 1. The van der Waals surface area contributed by atoms with Crippen LogP contribution in [0.1, 0.15) is 98.5 Å². The van der Waals surface area contributed by atoms with Crippen LogP contribution in [0, 0.1) is 0 Å². The largest absolute Gasteiger partial charge is 0.310 e. The fourth-order valence-electron chi connectivity index (χ4n) is 11.4. The Hall–Kier alpha value is -6.18. The lowest BCUT2D eigenvalue weighted by Crippen LogP contribution is -2.41. The molecule has 0 radical (unpaired) electrons. The Labute approximate surface area is 343 Å². The fourth-order valence-corrected chi connectivity index (χ4v) is 11.4. The van der Waals surface area contributed by atoms with E-state index in [0.29, 0.717) is 0 Å². The molecular weight excluding hydrogens is 699 g/mol. The molecule has 0 heterocycles. The fraction of sp³-hybridized carbons (Fsp3) is 0.193. The van der Waals surface area contributed by atoms with Crippen LogP contribution in [0.15, 0.2) is 170 Å². The summed E-state index contributed by atoms with van der Waals surface area (Å²) in [6, 6.07) is 64.8. The third-order valence-corrected chi connectivity index (χ3v) is 14.0. The van der Waals surface area contributed by atoms with E-state index in [1.165, 1.54) is 94.5 Å². The number of rotatable bonds is 3. The maximum atomic E-state index is 2.57. The molecule has 3 aliphatic rings. The van der Waals surface area contributed by atoms with E-state index < -0.39 is 5.41 Å². The van der Waals surface area contributed by atoms with Crippen molar-refractivity contribution in [1.82, 2.24) is 0 Å². The summed E-state index contributed by atoms with van der Waals surface area (Å²) in [4.78, 5) is 2.57. The van der Waals surface area contributed by atoms with Crippen molar-refractivity contribution in [3.8, 4) is 22.3 Å². The van der Waals surface area contributed by atoms with Crippen molar-refractivity contribution < 1.29 is 0 Å². The van der Waals surface area contributed by atoms with Crippen molar-refractivity contribution in [2.24, 2.45) is 0 Å². The number of fused-ring (bicyclic) bond motifs is 13. The summed E-state index contributed by atoms with van der Waals surface area (Å²) in [5.41, 5.74) is 20.4. The lowest BCUT2D eigenvalue weighted by molar-refractivity contribution is 0.562. The highest BCUT2D eigenvalue weighted by molar-refractivity contribution is 5.95. The van der Waals surface area contributed by atoms with Crippen molar-refractivity contribution >= 4 is 27.8 Å². The second-order valence-corrected chi connectivity index (χ2v) is 18.9. The first-order chi connectivity index (χ1) is 27.9. The molecular formula is C57H49N. The molecule has 58 heavy (non-hydrogen) atoms. The molecule has 8 aromatic carbocycles. The van der Waals surface area contributed by atoms with Crippen molar-refractivity contribution in [2.75, 3.05) is 4.90 Å². The van der Waals surface area contributed by atoms with Gasteiger partial charge >= 0.3 is 0 Å². The smallest absolute Gasteiger partial charge is 0.0720 e. The summed E-state index contributed by atoms with van der Waals surface area (Å²) < 4.78 is 0. The lowest BCUT2D eigenvalue weighted by Gasteiger charge is -2.48. The molecule has 0 saturated carbocycles. The Morgan fingerprint density at radius 3 is 1.74 bits per heavy atom. The van der Waals surface area contributed by atoms with Crippen LogP contribution in [0.2, 0.25) is 0 Å². The highest BCUT2D eigenvalue weighted by Crippen LogP contribution is 2.65. The van der Waals surface area contributed by atoms with Gasteiger partial charge in [0.05, 0.1) is 11.1 Å². The maximum absolute atomic E-state index is 2.57. The topological polar surface area (TPSA) is 3.24 Å². The first-order valence-electron chi connectivity index (χ1n) is 20.9. The summed E-state index contributed by atoms with van der Waals surface area (Å²) in [5.74, 6) is 0. The molecule has 0 saturated heterocycles. The van der Waals surface area contributed by atoms with E-state index in [1.807, 2.05) is 0 Å². The third kappa shape index (κ3) is 4.53. The Bertz CT molecular complexity index is 3010. The van der Waals surface area contributed by atoms with E-state index in [4.69, 9.17) is 0 Å². The number of anilines is 3. The second-order valence-electron chi connectivity index (χ2n) is 18.9. The normalized spacial score (nSPS) is 17.6. The van der Waals surface area contributed by atoms with Gasteiger partial charge in [-0.1, -0.05) is 188 Å². The van der Waals surface area contributed by atoms with Crippen LogP contribution in [0.5, 0.6) is 0 Å². The van der Waals surface area contributed by atoms with Crippen LogP contribution in [0.4, 0.5) is 17.1 Å². The molecule has 3 aliphatic carbocycles. The van der Waals surface area contributed by atoms with Gasteiger partial charge in [-0.3, -0.25) is 0 Å². The molecule has 0 aromatic heterocycles. The molecule has 1 unspecified atom stereocenters. The molecule has 11 rings (SSSR count). The van der Waals surface area contributed by atoms with Gasteiger partial charge in [0.25, 0.3) is 0 Å². The Kier molecular flexibility index (Phi) is 7.20. The molecule has 1 atom stereocenters. The number of hydrogen-bond donors (Lipinski definition) is 0. The minimum atomic E-state index is -0.499. The average molecular weight is 748 g/mol. The third-order valence-electron chi connectivity index (χ3n) is 14.0. The van der Waals surface area contributed by atoms with Gasteiger partial charge in [-0.25, -0.2) is 0 Å². The molecule has 1 spiro atoms. The van der Waals surface area contributed by atoms with E-state index in [1.54, 1.807) is 0 Å². The lowest BCUT2D eigenvalue weighted by atomic mass is 9.55. The summed E-state index contributed by atoms with van der Waals surface area (Å²) in [5, 5.41) is 2.48. The van der Waals surface area contributed by atoms with Crippen molar-refractivity contribution in [1.29, 1.82) is 0 Å². The van der Waals surface area contributed by atoms with E-state index in [2.05, 4.69) is 223 Å². The highest BCUT2D eigenvalue weighted by atomic mass is 15.1. The minimum Gasteiger partial charge on any atom is -0.310 e. The van der Waals surface area contributed by atoms with Gasteiger partial charge in [-0.2, -0.15) is 0 Å². The molecule has 0 bridgehead atoms. The van der Waals surface area contributed by atoms with Crippen LogP contribution in [-0.4, -0.2) is 0 Å². The van der Waals surface area contributed by atoms with Gasteiger partial charge < -0.3 is 4.90 Å². The van der Waals surface area contributed by atoms with Crippen LogP contribution in [0.25, 0.3) is 33.0 Å². The van der Waals surface area contributed by atoms with Gasteiger partial charge in [0.1, 0.15) is 0 Å². The number of hydrogen-bond acceptors (Lipinski definition) is 1. The first kappa shape index (κ1) is 35.0. The Balaban J connectivity index is 1.25. The summed E-state index contributed by atoms with van der Waals surface area (Å²) in [7, 11) is 0. The number of benzene rings is 8. The van der Waals surface area contributed by atoms with Gasteiger partial charge in [0.15, 0.2) is 0 Å². The molecule has 0 aliphatic heterocycles. The van der Waals surface area contributed by atoms with Crippen molar-refractivity contribution in [2.45, 2.75) is 70.1 Å². The van der Waals surface area contributed by atoms with Crippen LogP contribution < -0.4 is 4.90 Å². The van der Waals surface area contributed by atoms with Gasteiger partial charge in [-0.15, -0.1) is 0 Å². The summed E-state index contributed by atoms with van der Waals surface area (Å²) in [6.45, 7) is 16.8. The van der Waals surface area contributed by atoms with E-state index in [9.17, 15) is 0 Å². The zero-order valence-electron chi connectivity index (χ0n) is 34.6. The van der Waals surface area contributed by atoms with Crippen LogP contribution in [-0.2, 0) is 21.7 Å². The van der Waals surface area contributed by atoms with E-state index >= 15 is 0 Å². The zero-order valence-corrected chi connectivity index (χ0v) is 34.6. The quantitative estimate of drug-likeness (QED) is 0.174. The summed E-state index contributed by atoms with van der Waals surface area (Å²) >= 11 is 0. The van der Waals surface area contributed by atoms with E-state index in [0.717, 1.165) is 5.69 Å². The predicted molar refractivity (Wildman–Crippen MR) is 244 cm³/mol. The van der Waals surface area contributed by atoms with Gasteiger partial charge in [-0.05, 0) is 119 Å². The van der Waals surface area contributed by atoms with Gasteiger partial charge in [0, 0.05) is 22.2 Å². The molecule has 1 nitrogen and oxygen atoms in total. The Morgan fingerprint density at radius 2 is 0.966 bits per heavy atom. The second kappa shape index (κ2) is 11.9. The average Bonchev–Trinajstić information content (AvgIpc) is 3.65. The first-order valence-corrected chi connectivity index (χ1v) is 20.9. The SMILES string of the molecule is CC(C)(C)c1cccc2c1-c1ccccc1C21c2ccccc2C(C)(C)c2c(N(c3ccc4c(c3)C(C)(C)c3ccccc3-4)c3ccc4ccccc4c3)cccc21.